The molecule has 3 atom stereocenters. The van der Waals surface area contributed by atoms with Crippen molar-refractivity contribution < 1.29 is 23.7 Å². The van der Waals surface area contributed by atoms with Crippen LogP contribution in [0.1, 0.15) is 6.23 Å². The predicted molar refractivity (Wildman–Crippen MR) is 58.3 cm³/mol. The summed E-state index contributed by atoms with van der Waals surface area (Å²) in [4.78, 5) is 24.2. The lowest BCUT2D eigenvalue weighted by atomic mass is 10.1. The van der Waals surface area contributed by atoms with E-state index in [1.54, 1.807) is 4.98 Å². The van der Waals surface area contributed by atoms with Gasteiger partial charge in [0.2, 0.25) is 6.23 Å². The third-order valence-electron chi connectivity index (χ3n) is 2.74. The Balaban J connectivity index is 2.51. The van der Waals surface area contributed by atoms with Gasteiger partial charge >= 0.3 is 11.6 Å². The molecule has 2 rings (SSSR count). The maximum Gasteiger partial charge on any atom is 0.330 e. The van der Waals surface area contributed by atoms with Gasteiger partial charge in [0.1, 0.15) is 11.1 Å². The fraction of sp³-hybridized carbons (Fsp3) is 0.556. The van der Waals surface area contributed by atoms with E-state index in [4.69, 9.17) is 21.4 Å². The lowest BCUT2D eigenvalue weighted by molar-refractivity contribution is -0.141. The number of aromatic amines is 1. The summed E-state index contributed by atoms with van der Waals surface area (Å²) < 4.78 is 32.6. The van der Waals surface area contributed by atoms with Gasteiger partial charge in [0.25, 0.3) is 5.56 Å². The summed E-state index contributed by atoms with van der Waals surface area (Å²) in [6, 6.07) is 0. The first-order valence-corrected chi connectivity index (χ1v) is 5.50. The number of nitrogens with zero attached hydrogens (tertiary/aromatic N) is 1. The Morgan fingerprint density at radius 2 is 2.16 bits per heavy atom. The molecule has 10 heteroatoms. The average Bonchev–Trinajstić information content (AvgIpc) is 2.56. The molecule has 1 aromatic heterocycles. The first-order valence-electron chi connectivity index (χ1n) is 5.12. The molecule has 0 spiro atoms. The van der Waals surface area contributed by atoms with Crippen molar-refractivity contribution in [2.45, 2.75) is 24.4 Å². The second-order valence-corrected chi connectivity index (χ2v) is 4.38. The van der Waals surface area contributed by atoms with E-state index in [1.807, 2.05) is 0 Å². The molecule has 0 aromatic carbocycles. The highest BCUT2D eigenvalue weighted by Gasteiger charge is 2.59. The maximum absolute atomic E-state index is 13.8. The van der Waals surface area contributed by atoms with Crippen LogP contribution in [0.2, 0.25) is 5.02 Å². The lowest BCUT2D eigenvalue weighted by Crippen LogP contribution is -2.42. The van der Waals surface area contributed by atoms with E-state index >= 15 is 0 Å². The number of nitrogens with one attached hydrogen (secondary N) is 1. The van der Waals surface area contributed by atoms with E-state index in [9.17, 15) is 23.5 Å². The molecule has 106 valence electrons. The molecule has 2 heterocycles. The van der Waals surface area contributed by atoms with Gasteiger partial charge in [-0.1, -0.05) is 11.6 Å². The second-order valence-electron chi connectivity index (χ2n) is 3.97. The number of alkyl halides is 2. The van der Waals surface area contributed by atoms with Crippen molar-refractivity contribution in [3.05, 3.63) is 32.1 Å². The first-order chi connectivity index (χ1) is 8.78. The van der Waals surface area contributed by atoms with Crippen molar-refractivity contribution in [3.8, 4) is 0 Å². The molecule has 1 fully saturated rings. The molecule has 1 aliphatic heterocycles. The minimum Gasteiger partial charge on any atom is -0.394 e. The van der Waals surface area contributed by atoms with E-state index in [1.165, 1.54) is 0 Å². The Labute approximate surface area is 109 Å². The van der Waals surface area contributed by atoms with Gasteiger partial charge < -0.3 is 14.9 Å². The fourth-order valence-electron chi connectivity index (χ4n) is 1.75. The molecular formula is C9H9ClF2N2O5. The van der Waals surface area contributed by atoms with Gasteiger partial charge in [-0.3, -0.25) is 14.3 Å². The topological polar surface area (TPSA) is 105 Å². The molecule has 1 aliphatic rings. The van der Waals surface area contributed by atoms with Gasteiger partial charge in [0.15, 0.2) is 6.10 Å². The quantitative estimate of drug-likeness (QED) is 0.655. The zero-order chi connectivity index (χ0) is 14.4. The number of hydrogen-bond donors (Lipinski definition) is 3. The number of H-pyrrole nitrogens is 1. The molecular weight excluding hydrogens is 290 g/mol. The lowest BCUT2D eigenvalue weighted by Gasteiger charge is -2.21. The van der Waals surface area contributed by atoms with Gasteiger partial charge in [0.05, 0.1) is 6.61 Å². The molecule has 0 radical (unpaired) electrons. The zero-order valence-electron chi connectivity index (χ0n) is 9.22. The zero-order valence-corrected chi connectivity index (χ0v) is 9.97. The minimum absolute atomic E-state index is 0.364. The Hall–Kier alpha value is -1.29. The highest BCUT2D eigenvalue weighted by atomic mass is 35.5. The number of aromatic nitrogens is 2. The van der Waals surface area contributed by atoms with E-state index in [0.29, 0.717) is 10.8 Å². The van der Waals surface area contributed by atoms with Crippen molar-refractivity contribution >= 4 is 11.6 Å². The monoisotopic (exact) mass is 298 g/mol. The molecule has 0 unspecified atom stereocenters. The molecule has 1 aromatic rings. The van der Waals surface area contributed by atoms with Gasteiger partial charge in [0, 0.05) is 6.20 Å². The molecule has 3 N–H and O–H groups in total. The molecule has 0 amide bonds. The van der Waals surface area contributed by atoms with Crippen LogP contribution in [0.25, 0.3) is 0 Å². The fourth-order valence-corrected chi connectivity index (χ4v) is 1.91. The first kappa shape index (κ1) is 14.1. The largest absolute Gasteiger partial charge is 0.394 e. The van der Waals surface area contributed by atoms with E-state index in [2.05, 4.69) is 0 Å². The van der Waals surface area contributed by atoms with Gasteiger partial charge in [-0.25, -0.2) is 4.79 Å². The van der Waals surface area contributed by atoms with Gasteiger partial charge in [-0.2, -0.15) is 8.78 Å². The van der Waals surface area contributed by atoms with Crippen molar-refractivity contribution in [2.24, 2.45) is 0 Å². The summed E-state index contributed by atoms with van der Waals surface area (Å²) in [6.45, 7) is -0.848. The molecule has 1 saturated heterocycles. The third kappa shape index (κ3) is 2.18. The highest BCUT2D eigenvalue weighted by molar-refractivity contribution is 6.30. The Bertz CT molecular complexity index is 601. The Kier molecular flexibility index (Phi) is 3.47. The highest BCUT2D eigenvalue weighted by Crippen LogP contribution is 2.41. The van der Waals surface area contributed by atoms with Crippen LogP contribution in [0.15, 0.2) is 15.8 Å². The summed E-state index contributed by atoms with van der Waals surface area (Å²) in [6.07, 6.45) is -5.30. The molecule has 0 saturated carbocycles. The number of rotatable bonds is 2. The summed E-state index contributed by atoms with van der Waals surface area (Å²) >= 11 is 5.45. The van der Waals surface area contributed by atoms with Crippen LogP contribution in [-0.2, 0) is 4.74 Å². The van der Waals surface area contributed by atoms with Crippen molar-refractivity contribution in [1.82, 2.24) is 9.55 Å². The van der Waals surface area contributed by atoms with E-state index in [-0.39, 0.29) is 0 Å². The maximum atomic E-state index is 13.8. The normalized spacial score (nSPS) is 29.6. The number of halogens is 3. The van der Waals surface area contributed by atoms with Crippen LogP contribution in [0.3, 0.4) is 0 Å². The second kappa shape index (κ2) is 4.67. The smallest absolute Gasteiger partial charge is 0.330 e. The minimum atomic E-state index is -3.82. The third-order valence-corrected chi connectivity index (χ3v) is 3.01. The predicted octanol–water partition coefficient (Wildman–Crippen LogP) is -0.924. The summed E-state index contributed by atoms with van der Waals surface area (Å²) in [5.74, 6) is -3.82. The number of aliphatic hydroxyl groups excluding tert-OH is 2. The molecule has 0 bridgehead atoms. The summed E-state index contributed by atoms with van der Waals surface area (Å²) in [7, 11) is 0. The van der Waals surface area contributed by atoms with Crippen LogP contribution < -0.4 is 11.2 Å². The van der Waals surface area contributed by atoms with Gasteiger partial charge in [-0.05, 0) is 0 Å². The van der Waals surface area contributed by atoms with Gasteiger partial charge in [-0.15, -0.1) is 0 Å². The van der Waals surface area contributed by atoms with Crippen LogP contribution in [-0.4, -0.2) is 44.5 Å². The Morgan fingerprint density at radius 1 is 1.53 bits per heavy atom. The van der Waals surface area contributed by atoms with Crippen LogP contribution in [0.4, 0.5) is 8.78 Å². The molecule has 19 heavy (non-hydrogen) atoms. The van der Waals surface area contributed by atoms with Crippen molar-refractivity contribution in [3.63, 3.8) is 0 Å². The average molecular weight is 299 g/mol. The van der Waals surface area contributed by atoms with Crippen molar-refractivity contribution in [2.75, 3.05) is 6.61 Å². The summed E-state index contributed by atoms with van der Waals surface area (Å²) in [5, 5.41) is 17.6. The van der Waals surface area contributed by atoms with Crippen LogP contribution in [0.5, 0.6) is 0 Å². The van der Waals surface area contributed by atoms with Crippen molar-refractivity contribution in [1.29, 1.82) is 0 Å². The SMILES string of the molecule is O=c1[nH]c(=O)n([C@@H]2O[C@H](CO)[C@@H](O)C2(F)F)cc1Cl. The molecule has 7 nitrogen and oxygen atoms in total. The number of ether oxygens (including phenoxy) is 1. The van der Waals surface area contributed by atoms with Crippen LogP contribution >= 0.6 is 11.6 Å². The van der Waals surface area contributed by atoms with E-state index in [0.717, 1.165) is 0 Å². The number of hydrogen-bond acceptors (Lipinski definition) is 5. The Morgan fingerprint density at radius 3 is 2.68 bits per heavy atom. The molecule has 0 aliphatic carbocycles. The van der Waals surface area contributed by atoms with Crippen LogP contribution in [0, 0.1) is 0 Å². The van der Waals surface area contributed by atoms with E-state index < -0.39 is 47.2 Å². The summed E-state index contributed by atoms with van der Waals surface area (Å²) in [5.41, 5.74) is -2.09. The number of aliphatic hydroxyl groups is 2. The standard InChI is InChI=1S/C9H9ClF2N2O5/c10-3-1-14(8(18)13-6(3)17)7-9(11,12)5(16)4(2-15)19-7/h1,4-5,7,15-16H,2H2,(H,13,17,18)/t4-,5-,7-/m1/s1.